The van der Waals surface area contributed by atoms with Gasteiger partial charge < -0.3 is 5.32 Å². The fourth-order valence-corrected chi connectivity index (χ4v) is 5.15. The highest BCUT2D eigenvalue weighted by atomic mass is 32.2. The Labute approximate surface area is 240 Å². The first-order valence-corrected chi connectivity index (χ1v) is 15.6. The molecule has 1 aliphatic rings. The maximum Gasteiger partial charge on any atom is 0.295 e. The predicted molar refractivity (Wildman–Crippen MR) is 163 cm³/mol. The number of hydrogen-bond donors (Lipinski definition) is 1. The molecule has 0 amide bonds. The molecule has 3 aromatic rings. The Hall–Kier alpha value is -3.80. The van der Waals surface area contributed by atoms with Crippen LogP contribution in [0.25, 0.3) is 22.6 Å². The number of aliphatic imine (C=N–C) groups is 1. The van der Waals surface area contributed by atoms with E-state index in [1.54, 1.807) is 30.1 Å². The van der Waals surface area contributed by atoms with Crippen molar-refractivity contribution in [3.63, 3.8) is 0 Å². The molecule has 0 unspecified atom stereocenters. The Bertz CT molecular complexity index is 1690. The second kappa shape index (κ2) is 12.4. The molecule has 0 radical (unpaired) electrons. The summed E-state index contributed by atoms with van der Waals surface area (Å²) in [5.41, 5.74) is 3.72. The lowest BCUT2D eigenvalue weighted by atomic mass is 10.1. The molecule has 1 aliphatic carbocycles. The fourth-order valence-electron chi connectivity index (χ4n) is 4.42. The van der Waals surface area contributed by atoms with E-state index in [1.807, 2.05) is 27.7 Å². The molecule has 0 spiro atoms. The number of fused-ring (bicyclic) bond motifs is 1. The standard InChI is InChI=1S/C29H38N8O3S/c1-8-22-24(25(20-11-12-20)34-16-33-22)26-32-15-23-28(36-26)37(19(6)17(3)4)29(38)27(35-23)31-14-21(30-7)13-10-18(5)41(39,40)9-2/h10,13,15-17,19-20H,7-9,11-12,14H2,1-6H3,(H,31,35)/b18-10+,21-13-/t19-/m0/s1. The van der Waals surface area contributed by atoms with Crippen LogP contribution < -0.4 is 10.9 Å². The topological polar surface area (TPSA) is 145 Å². The number of nitrogens with zero attached hydrogens (tertiary/aromatic N) is 7. The number of anilines is 1. The number of sulfone groups is 1. The molecular formula is C29H38N8O3S. The first-order valence-electron chi connectivity index (χ1n) is 14.0. The van der Waals surface area contributed by atoms with Crippen LogP contribution in [0, 0.1) is 5.92 Å². The maximum atomic E-state index is 13.8. The monoisotopic (exact) mass is 578 g/mol. The molecule has 0 aromatic carbocycles. The third-order valence-electron chi connectivity index (χ3n) is 7.50. The van der Waals surface area contributed by atoms with Crippen LogP contribution in [0.2, 0.25) is 0 Å². The van der Waals surface area contributed by atoms with Crippen molar-refractivity contribution in [2.75, 3.05) is 17.6 Å². The Kier molecular flexibility index (Phi) is 9.11. The van der Waals surface area contributed by atoms with Gasteiger partial charge in [0.15, 0.2) is 27.1 Å². The smallest absolute Gasteiger partial charge is 0.295 e. The minimum Gasteiger partial charge on any atom is -0.360 e. The predicted octanol–water partition coefficient (Wildman–Crippen LogP) is 4.64. The van der Waals surface area contributed by atoms with Crippen molar-refractivity contribution >= 4 is 33.5 Å². The highest BCUT2D eigenvalue weighted by Gasteiger charge is 2.31. The highest BCUT2D eigenvalue weighted by Crippen LogP contribution is 2.43. The van der Waals surface area contributed by atoms with Crippen LogP contribution in [0.1, 0.15) is 77.7 Å². The summed E-state index contributed by atoms with van der Waals surface area (Å²) < 4.78 is 25.8. The molecule has 1 fully saturated rings. The molecule has 1 atom stereocenters. The quantitative estimate of drug-likeness (QED) is 0.240. The summed E-state index contributed by atoms with van der Waals surface area (Å²) in [4.78, 5) is 41.2. The van der Waals surface area contributed by atoms with E-state index in [2.05, 4.69) is 37.0 Å². The van der Waals surface area contributed by atoms with Gasteiger partial charge in [0.1, 0.15) is 11.8 Å². The van der Waals surface area contributed by atoms with Crippen LogP contribution in [-0.2, 0) is 16.3 Å². The van der Waals surface area contributed by atoms with Crippen molar-refractivity contribution in [1.82, 2.24) is 29.5 Å². The lowest BCUT2D eigenvalue weighted by Crippen LogP contribution is -2.31. The summed E-state index contributed by atoms with van der Waals surface area (Å²) in [6, 6.07) is -0.186. The van der Waals surface area contributed by atoms with Crippen LogP contribution in [0.3, 0.4) is 0 Å². The minimum absolute atomic E-state index is 0.00952. The summed E-state index contributed by atoms with van der Waals surface area (Å²) in [6.45, 7) is 14.9. The molecular weight excluding hydrogens is 540 g/mol. The van der Waals surface area contributed by atoms with Crippen LogP contribution in [-0.4, -0.2) is 56.9 Å². The number of hydrogen-bond acceptors (Lipinski definition) is 10. The Balaban J connectivity index is 1.79. The summed E-state index contributed by atoms with van der Waals surface area (Å²) in [6.07, 6.45) is 9.16. The van der Waals surface area contributed by atoms with Crippen molar-refractivity contribution < 1.29 is 8.42 Å². The Morgan fingerprint density at radius 3 is 2.51 bits per heavy atom. The molecule has 41 heavy (non-hydrogen) atoms. The van der Waals surface area contributed by atoms with Gasteiger partial charge >= 0.3 is 0 Å². The van der Waals surface area contributed by atoms with Gasteiger partial charge in [0.2, 0.25) is 0 Å². The number of rotatable bonds is 12. The molecule has 3 heterocycles. The average Bonchev–Trinajstić information content (AvgIpc) is 3.81. The fraction of sp³-hybridized carbons (Fsp3) is 0.483. The third kappa shape index (κ3) is 6.42. The first kappa shape index (κ1) is 30.2. The number of nitrogens with one attached hydrogen (secondary N) is 1. The van der Waals surface area contributed by atoms with Crippen molar-refractivity contribution in [2.24, 2.45) is 10.9 Å². The summed E-state index contributed by atoms with van der Waals surface area (Å²) in [5, 5.41) is 3.06. The minimum atomic E-state index is -3.31. The molecule has 1 saturated carbocycles. The number of allylic oxidation sites excluding steroid dienone is 3. The zero-order valence-corrected chi connectivity index (χ0v) is 25.4. The van der Waals surface area contributed by atoms with E-state index in [1.165, 1.54) is 13.0 Å². The van der Waals surface area contributed by atoms with Crippen molar-refractivity contribution in [3.8, 4) is 11.4 Å². The van der Waals surface area contributed by atoms with E-state index in [0.29, 0.717) is 35.0 Å². The van der Waals surface area contributed by atoms with Gasteiger partial charge in [-0.2, -0.15) is 0 Å². The van der Waals surface area contributed by atoms with Gasteiger partial charge in [-0.25, -0.2) is 33.3 Å². The van der Waals surface area contributed by atoms with E-state index in [0.717, 1.165) is 29.8 Å². The van der Waals surface area contributed by atoms with E-state index in [-0.39, 0.29) is 40.5 Å². The van der Waals surface area contributed by atoms with Crippen LogP contribution >= 0.6 is 0 Å². The van der Waals surface area contributed by atoms with Gasteiger partial charge in [0, 0.05) is 16.9 Å². The maximum absolute atomic E-state index is 13.8. The van der Waals surface area contributed by atoms with Crippen molar-refractivity contribution in [1.29, 1.82) is 0 Å². The largest absolute Gasteiger partial charge is 0.360 e. The lowest BCUT2D eigenvalue weighted by molar-refractivity contribution is 0.406. The van der Waals surface area contributed by atoms with Crippen molar-refractivity contribution in [3.05, 3.63) is 57.0 Å². The molecule has 0 saturated heterocycles. The molecule has 12 heteroatoms. The SMILES string of the molecule is C=N/C(=C\C=C(/C)S(=O)(=O)CC)CNc1nc2cnc(-c3c(CC)ncnc3C3CC3)nc2n([C@@H](C)C(C)C)c1=O. The van der Waals surface area contributed by atoms with Crippen LogP contribution in [0.4, 0.5) is 5.82 Å². The Morgan fingerprint density at radius 2 is 1.90 bits per heavy atom. The third-order valence-corrected chi connectivity index (χ3v) is 9.38. The summed E-state index contributed by atoms with van der Waals surface area (Å²) >= 11 is 0. The van der Waals surface area contributed by atoms with Gasteiger partial charge in [0.25, 0.3) is 5.56 Å². The van der Waals surface area contributed by atoms with Gasteiger partial charge in [-0.15, -0.1) is 0 Å². The zero-order chi connectivity index (χ0) is 29.9. The number of aromatic nitrogens is 6. The van der Waals surface area contributed by atoms with E-state index < -0.39 is 9.84 Å². The van der Waals surface area contributed by atoms with Crippen LogP contribution in [0.15, 0.2) is 45.1 Å². The molecule has 11 nitrogen and oxygen atoms in total. The molecule has 3 aromatic heterocycles. The van der Waals surface area contributed by atoms with E-state index >= 15 is 0 Å². The van der Waals surface area contributed by atoms with Gasteiger partial charge in [-0.3, -0.25) is 14.4 Å². The molecule has 4 rings (SSSR count). The summed E-state index contributed by atoms with van der Waals surface area (Å²) in [5.74, 6) is 1.13. The molecule has 1 N–H and O–H groups in total. The average molecular weight is 579 g/mol. The molecule has 0 aliphatic heterocycles. The molecule has 0 bridgehead atoms. The van der Waals surface area contributed by atoms with Crippen molar-refractivity contribution in [2.45, 2.75) is 72.8 Å². The highest BCUT2D eigenvalue weighted by molar-refractivity contribution is 7.95. The molecule has 218 valence electrons. The zero-order valence-electron chi connectivity index (χ0n) is 24.5. The summed E-state index contributed by atoms with van der Waals surface area (Å²) in [7, 11) is -3.31. The second-order valence-electron chi connectivity index (χ2n) is 10.6. The van der Waals surface area contributed by atoms with Gasteiger partial charge in [0.05, 0.1) is 41.1 Å². The van der Waals surface area contributed by atoms with Gasteiger partial charge in [-0.1, -0.05) is 27.7 Å². The van der Waals surface area contributed by atoms with Gasteiger partial charge in [-0.05, 0) is 57.9 Å². The van der Waals surface area contributed by atoms with E-state index in [9.17, 15) is 13.2 Å². The normalized spacial score (nSPS) is 15.4. The number of aryl methyl sites for hydroxylation is 1. The first-order chi connectivity index (χ1) is 19.5. The van der Waals surface area contributed by atoms with E-state index in [4.69, 9.17) is 4.98 Å². The van der Waals surface area contributed by atoms with Crippen LogP contribution in [0.5, 0.6) is 0 Å². The second-order valence-corrected chi connectivity index (χ2v) is 13.0. The lowest BCUT2D eigenvalue weighted by Gasteiger charge is -2.22. The Morgan fingerprint density at radius 1 is 1.17 bits per heavy atom.